The zero-order valence-electron chi connectivity index (χ0n) is 14.3. The number of carbonyl (C=O) groups is 2. The second kappa shape index (κ2) is 7.28. The average Bonchev–Trinajstić information content (AvgIpc) is 3.00. The Labute approximate surface area is 152 Å². The van der Waals surface area contributed by atoms with Crippen LogP contribution in [0.5, 0.6) is 0 Å². The highest BCUT2D eigenvalue weighted by Gasteiger charge is 2.35. The predicted octanol–water partition coefficient (Wildman–Crippen LogP) is 3.88. The third kappa shape index (κ3) is 3.85. The smallest absolute Gasteiger partial charge is 0.227 e. The van der Waals surface area contributed by atoms with Gasteiger partial charge in [-0.1, -0.05) is 48.0 Å². The molecule has 2 aromatic carbocycles. The van der Waals surface area contributed by atoms with Gasteiger partial charge >= 0.3 is 0 Å². The first-order chi connectivity index (χ1) is 12.0. The van der Waals surface area contributed by atoms with Crippen LogP contribution in [0.2, 0.25) is 5.02 Å². The summed E-state index contributed by atoms with van der Waals surface area (Å²) in [5, 5.41) is 3.63. The van der Waals surface area contributed by atoms with Crippen LogP contribution in [0.25, 0.3) is 0 Å². The molecule has 0 bridgehead atoms. The summed E-state index contributed by atoms with van der Waals surface area (Å²) in [6.45, 7) is 4.24. The van der Waals surface area contributed by atoms with E-state index in [0.29, 0.717) is 11.6 Å². The number of amides is 2. The number of halogens is 1. The molecule has 5 heteroatoms. The lowest BCUT2D eigenvalue weighted by molar-refractivity contribution is -0.126. The molecule has 2 aromatic rings. The minimum atomic E-state index is -0.348. The topological polar surface area (TPSA) is 49.4 Å². The van der Waals surface area contributed by atoms with Crippen LogP contribution < -0.4 is 10.2 Å². The summed E-state index contributed by atoms with van der Waals surface area (Å²) in [6, 6.07) is 15.2. The van der Waals surface area contributed by atoms with Crippen LogP contribution >= 0.6 is 11.6 Å². The molecule has 2 amide bonds. The van der Waals surface area contributed by atoms with Crippen LogP contribution in [0.1, 0.15) is 30.5 Å². The molecule has 4 nitrogen and oxygen atoms in total. The van der Waals surface area contributed by atoms with E-state index in [1.54, 1.807) is 11.0 Å². The van der Waals surface area contributed by atoms with Crippen molar-refractivity contribution in [1.29, 1.82) is 0 Å². The molecular weight excluding hydrogens is 336 g/mol. The molecule has 0 saturated carbocycles. The molecule has 0 unspecified atom stereocenters. The van der Waals surface area contributed by atoms with Crippen LogP contribution in [0.3, 0.4) is 0 Å². The summed E-state index contributed by atoms with van der Waals surface area (Å²) in [7, 11) is 0. The van der Waals surface area contributed by atoms with Gasteiger partial charge in [-0.05, 0) is 37.1 Å². The molecule has 2 atom stereocenters. The number of nitrogens with one attached hydrogen (secondary N) is 1. The Kier molecular flexibility index (Phi) is 5.09. The van der Waals surface area contributed by atoms with Crippen LogP contribution in [-0.4, -0.2) is 18.4 Å². The molecule has 1 aliphatic heterocycles. The van der Waals surface area contributed by atoms with Gasteiger partial charge in [0.1, 0.15) is 0 Å². The predicted molar refractivity (Wildman–Crippen MR) is 99.6 cm³/mol. The first-order valence-corrected chi connectivity index (χ1v) is 8.75. The van der Waals surface area contributed by atoms with E-state index in [0.717, 1.165) is 16.8 Å². The van der Waals surface area contributed by atoms with Crippen LogP contribution in [-0.2, 0) is 9.59 Å². The number of benzene rings is 2. The maximum absolute atomic E-state index is 12.6. The molecule has 1 saturated heterocycles. The summed E-state index contributed by atoms with van der Waals surface area (Å²) < 4.78 is 0. The fourth-order valence-corrected chi connectivity index (χ4v) is 3.21. The number of anilines is 1. The van der Waals surface area contributed by atoms with E-state index < -0.39 is 0 Å². The van der Waals surface area contributed by atoms with Gasteiger partial charge in [0.15, 0.2) is 0 Å². The molecule has 130 valence electrons. The Morgan fingerprint density at radius 3 is 2.64 bits per heavy atom. The molecule has 1 heterocycles. The number of nitrogens with zero attached hydrogens (tertiary/aromatic N) is 1. The molecule has 0 radical (unpaired) electrons. The summed E-state index contributed by atoms with van der Waals surface area (Å²) >= 11 is 6.16. The van der Waals surface area contributed by atoms with E-state index in [1.165, 1.54) is 0 Å². The third-order valence-corrected chi connectivity index (χ3v) is 5.03. The van der Waals surface area contributed by atoms with Crippen LogP contribution in [0, 0.1) is 12.8 Å². The lowest BCUT2D eigenvalue weighted by Gasteiger charge is -2.19. The van der Waals surface area contributed by atoms with E-state index in [4.69, 9.17) is 11.6 Å². The van der Waals surface area contributed by atoms with Gasteiger partial charge in [0.2, 0.25) is 11.8 Å². The van der Waals surface area contributed by atoms with Crippen molar-refractivity contribution in [1.82, 2.24) is 5.32 Å². The molecular formula is C20H21ClN2O2. The molecule has 1 N–H and O–H groups in total. The number of rotatable bonds is 4. The molecule has 1 aliphatic rings. The molecule has 3 rings (SSSR count). The van der Waals surface area contributed by atoms with Gasteiger partial charge in [-0.3, -0.25) is 9.59 Å². The van der Waals surface area contributed by atoms with Gasteiger partial charge in [-0.15, -0.1) is 0 Å². The fourth-order valence-electron chi connectivity index (χ4n) is 3.04. The van der Waals surface area contributed by atoms with Crippen molar-refractivity contribution in [3.8, 4) is 0 Å². The van der Waals surface area contributed by atoms with E-state index in [9.17, 15) is 9.59 Å². The summed E-state index contributed by atoms with van der Waals surface area (Å²) in [4.78, 5) is 26.5. The van der Waals surface area contributed by atoms with E-state index in [2.05, 4.69) is 5.32 Å². The highest BCUT2D eigenvalue weighted by molar-refractivity contribution is 6.31. The largest absolute Gasteiger partial charge is 0.349 e. The summed E-state index contributed by atoms with van der Waals surface area (Å²) in [5.41, 5.74) is 2.75. The number of carbonyl (C=O) groups excluding carboxylic acids is 2. The highest BCUT2D eigenvalue weighted by Crippen LogP contribution is 2.29. The van der Waals surface area contributed by atoms with Crippen molar-refractivity contribution < 1.29 is 9.59 Å². The zero-order valence-corrected chi connectivity index (χ0v) is 15.1. The minimum absolute atomic E-state index is 0.0487. The van der Waals surface area contributed by atoms with Gasteiger partial charge in [0.25, 0.3) is 0 Å². The lowest BCUT2D eigenvalue weighted by atomic mass is 10.1. The van der Waals surface area contributed by atoms with Crippen LogP contribution in [0.15, 0.2) is 48.5 Å². The minimum Gasteiger partial charge on any atom is -0.349 e. The summed E-state index contributed by atoms with van der Waals surface area (Å²) in [5.74, 6) is -0.489. The van der Waals surface area contributed by atoms with Gasteiger partial charge < -0.3 is 10.2 Å². The average molecular weight is 357 g/mol. The van der Waals surface area contributed by atoms with Crippen LogP contribution in [0.4, 0.5) is 5.69 Å². The van der Waals surface area contributed by atoms with Crippen molar-refractivity contribution in [3.63, 3.8) is 0 Å². The van der Waals surface area contributed by atoms with Crippen molar-refractivity contribution in [2.75, 3.05) is 11.4 Å². The Bertz CT molecular complexity index is 792. The Hall–Kier alpha value is -2.33. The SMILES string of the molecule is Cc1ccc(N2C[C@@H](C(=O)N[C@H](C)c3ccccc3)CC2=O)cc1Cl. The van der Waals surface area contributed by atoms with Gasteiger partial charge in [0, 0.05) is 23.7 Å². The molecule has 25 heavy (non-hydrogen) atoms. The van der Waals surface area contributed by atoms with E-state index in [-0.39, 0.29) is 30.2 Å². The van der Waals surface area contributed by atoms with E-state index >= 15 is 0 Å². The van der Waals surface area contributed by atoms with Gasteiger partial charge in [0.05, 0.1) is 12.0 Å². The normalized spacial score (nSPS) is 18.3. The lowest BCUT2D eigenvalue weighted by Crippen LogP contribution is -2.34. The van der Waals surface area contributed by atoms with Crippen molar-refractivity contribution in [3.05, 3.63) is 64.7 Å². The Morgan fingerprint density at radius 1 is 1.24 bits per heavy atom. The van der Waals surface area contributed by atoms with Crippen molar-refractivity contribution in [2.45, 2.75) is 26.3 Å². The maximum Gasteiger partial charge on any atom is 0.227 e. The monoisotopic (exact) mass is 356 g/mol. The molecule has 0 aliphatic carbocycles. The first kappa shape index (κ1) is 17.5. The molecule has 0 spiro atoms. The third-order valence-electron chi connectivity index (χ3n) is 4.62. The standard InChI is InChI=1S/C20H21ClN2O2/c1-13-8-9-17(11-18(13)21)23-12-16(10-19(23)24)20(25)22-14(2)15-6-4-3-5-7-15/h3-9,11,14,16H,10,12H2,1-2H3,(H,22,25)/t14-,16+/m1/s1. The Morgan fingerprint density at radius 2 is 1.96 bits per heavy atom. The van der Waals surface area contributed by atoms with Gasteiger partial charge in [-0.2, -0.15) is 0 Å². The zero-order chi connectivity index (χ0) is 18.0. The van der Waals surface area contributed by atoms with Crippen molar-refractivity contribution in [2.24, 2.45) is 5.92 Å². The maximum atomic E-state index is 12.6. The van der Waals surface area contributed by atoms with E-state index in [1.807, 2.05) is 56.3 Å². The first-order valence-electron chi connectivity index (χ1n) is 8.37. The summed E-state index contributed by atoms with van der Waals surface area (Å²) in [6.07, 6.45) is 0.221. The number of hydrogen-bond donors (Lipinski definition) is 1. The molecule has 1 fully saturated rings. The second-order valence-electron chi connectivity index (χ2n) is 6.48. The Balaban J connectivity index is 1.67. The quantitative estimate of drug-likeness (QED) is 0.903. The fraction of sp³-hybridized carbons (Fsp3) is 0.300. The highest BCUT2D eigenvalue weighted by atomic mass is 35.5. The number of hydrogen-bond acceptors (Lipinski definition) is 2. The molecule has 0 aromatic heterocycles. The van der Waals surface area contributed by atoms with Gasteiger partial charge in [-0.25, -0.2) is 0 Å². The second-order valence-corrected chi connectivity index (χ2v) is 6.89. The van der Waals surface area contributed by atoms with Crippen molar-refractivity contribution >= 4 is 29.1 Å². The number of aryl methyl sites for hydroxylation is 1.